The second-order valence-corrected chi connectivity index (χ2v) is 4.51. The molecule has 4 nitrogen and oxygen atoms in total. The lowest BCUT2D eigenvalue weighted by atomic mass is 9.94. The predicted molar refractivity (Wildman–Crippen MR) is 59.4 cm³/mol. The smallest absolute Gasteiger partial charge is 0.224 e. The normalized spacial score (nSPS) is 23.9. The minimum absolute atomic E-state index is 0.0722. The molecular weight excluding hydrogens is 192 g/mol. The van der Waals surface area contributed by atoms with Gasteiger partial charge in [0.2, 0.25) is 5.91 Å². The summed E-state index contributed by atoms with van der Waals surface area (Å²) in [5.74, 6) is 0.287. The van der Waals surface area contributed by atoms with Crippen molar-refractivity contribution in [1.82, 2.24) is 5.32 Å². The third kappa shape index (κ3) is 3.80. The van der Waals surface area contributed by atoms with E-state index in [-0.39, 0.29) is 17.9 Å². The van der Waals surface area contributed by atoms with Crippen LogP contribution in [-0.4, -0.2) is 31.7 Å². The molecule has 1 aliphatic heterocycles. The van der Waals surface area contributed by atoms with Crippen LogP contribution in [0.2, 0.25) is 0 Å². The Bertz CT molecular complexity index is 201. The molecule has 2 atom stereocenters. The van der Waals surface area contributed by atoms with Crippen molar-refractivity contribution < 1.29 is 9.53 Å². The van der Waals surface area contributed by atoms with Crippen molar-refractivity contribution in [2.75, 3.05) is 19.8 Å². The lowest BCUT2D eigenvalue weighted by Crippen LogP contribution is -2.46. The number of hydrogen-bond donors (Lipinski definition) is 2. The van der Waals surface area contributed by atoms with Crippen LogP contribution in [0.5, 0.6) is 0 Å². The van der Waals surface area contributed by atoms with E-state index in [2.05, 4.69) is 5.32 Å². The molecule has 4 heteroatoms. The van der Waals surface area contributed by atoms with Gasteiger partial charge in [0.25, 0.3) is 0 Å². The summed E-state index contributed by atoms with van der Waals surface area (Å²) in [5.41, 5.74) is 5.59. The minimum Gasteiger partial charge on any atom is -0.379 e. The van der Waals surface area contributed by atoms with Crippen LogP contribution >= 0.6 is 0 Å². The molecule has 15 heavy (non-hydrogen) atoms. The molecule has 0 radical (unpaired) electrons. The van der Waals surface area contributed by atoms with Gasteiger partial charge in [-0.3, -0.25) is 4.79 Å². The average molecular weight is 214 g/mol. The van der Waals surface area contributed by atoms with Crippen LogP contribution in [0.1, 0.15) is 26.7 Å². The van der Waals surface area contributed by atoms with E-state index in [1.807, 2.05) is 13.8 Å². The van der Waals surface area contributed by atoms with Crippen molar-refractivity contribution in [2.24, 2.45) is 17.6 Å². The Balaban J connectivity index is 2.38. The second-order valence-electron chi connectivity index (χ2n) is 4.51. The van der Waals surface area contributed by atoms with Gasteiger partial charge in [0.1, 0.15) is 0 Å². The molecule has 3 N–H and O–H groups in total. The predicted octanol–water partition coefficient (Wildman–Crippen LogP) is 0.513. The van der Waals surface area contributed by atoms with Gasteiger partial charge in [-0.15, -0.1) is 0 Å². The largest absolute Gasteiger partial charge is 0.379 e. The van der Waals surface area contributed by atoms with E-state index in [9.17, 15) is 4.79 Å². The van der Waals surface area contributed by atoms with Gasteiger partial charge in [0.05, 0.1) is 18.6 Å². The molecule has 1 aliphatic rings. The zero-order valence-corrected chi connectivity index (χ0v) is 9.66. The second kappa shape index (κ2) is 6.08. The molecule has 1 fully saturated rings. The van der Waals surface area contributed by atoms with E-state index >= 15 is 0 Å². The average Bonchev–Trinajstić information content (AvgIpc) is 2.19. The van der Waals surface area contributed by atoms with Gasteiger partial charge in [-0.1, -0.05) is 13.8 Å². The van der Waals surface area contributed by atoms with Crippen LogP contribution in [0.25, 0.3) is 0 Å². The Kier molecular flexibility index (Phi) is 5.05. The van der Waals surface area contributed by atoms with Crippen molar-refractivity contribution in [1.29, 1.82) is 0 Å². The Morgan fingerprint density at radius 2 is 2.33 bits per heavy atom. The van der Waals surface area contributed by atoms with Crippen LogP contribution in [0.15, 0.2) is 0 Å². The molecule has 0 aromatic rings. The van der Waals surface area contributed by atoms with Crippen LogP contribution in [-0.2, 0) is 9.53 Å². The maximum absolute atomic E-state index is 11.8. The Labute approximate surface area is 91.5 Å². The highest BCUT2D eigenvalue weighted by Gasteiger charge is 2.23. The summed E-state index contributed by atoms with van der Waals surface area (Å²) in [7, 11) is 0. The Hall–Kier alpha value is -0.610. The zero-order valence-electron chi connectivity index (χ0n) is 9.66. The molecule has 1 rings (SSSR count). The number of amides is 1. The summed E-state index contributed by atoms with van der Waals surface area (Å²) < 4.78 is 5.31. The van der Waals surface area contributed by atoms with E-state index in [0.717, 1.165) is 19.4 Å². The Morgan fingerprint density at radius 1 is 1.60 bits per heavy atom. The van der Waals surface area contributed by atoms with Gasteiger partial charge >= 0.3 is 0 Å². The summed E-state index contributed by atoms with van der Waals surface area (Å²) in [6.07, 6.45) is 2.04. The fraction of sp³-hybridized carbons (Fsp3) is 0.909. The van der Waals surface area contributed by atoms with Crippen molar-refractivity contribution in [3.05, 3.63) is 0 Å². The monoisotopic (exact) mass is 214 g/mol. The molecule has 88 valence electrons. The first-order valence-corrected chi connectivity index (χ1v) is 5.73. The SMILES string of the molecule is CC(C)C(CN)C(=O)NC1CCCOC1. The molecule has 1 saturated heterocycles. The third-order valence-electron chi connectivity index (χ3n) is 2.90. The number of carbonyl (C=O) groups is 1. The molecule has 1 heterocycles. The Morgan fingerprint density at radius 3 is 2.80 bits per heavy atom. The standard InChI is InChI=1S/C11H22N2O2/c1-8(2)10(6-12)11(14)13-9-4-3-5-15-7-9/h8-10H,3-7,12H2,1-2H3,(H,13,14). The molecule has 0 aromatic carbocycles. The summed E-state index contributed by atoms with van der Waals surface area (Å²) in [5, 5.41) is 3.01. The number of ether oxygens (including phenoxy) is 1. The molecular formula is C11H22N2O2. The molecule has 0 aromatic heterocycles. The van der Waals surface area contributed by atoms with E-state index in [1.54, 1.807) is 0 Å². The number of hydrogen-bond acceptors (Lipinski definition) is 3. The van der Waals surface area contributed by atoms with E-state index in [0.29, 0.717) is 19.1 Å². The van der Waals surface area contributed by atoms with Crippen molar-refractivity contribution in [3.8, 4) is 0 Å². The van der Waals surface area contributed by atoms with Gasteiger partial charge < -0.3 is 15.8 Å². The number of rotatable bonds is 4. The lowest BCUT2D eigenvalue weighted by Gasteiger charge is -2.26. The summed E-state index contributed by atoms with van der Waals surface area (Å²) >= 11 is 0. The fourth-order valence-electron chi connectivity index (χ4n) is 1.84. The van der Waals surface area contributed by atoms with Crippen LogP contribution < -0.4 is 11.1 Å². The van der Waals surface area contributed by atoms with Crippen molar-refractivity contribution in [3.63, 3.8) is 0 Å². The first kappa shape index (κ1) is 12.5. The van der Waals surface area contributed by atoms with Crippen LogP contribution in [0, 0.1) is 11.8 Å². The van der Waals surface area contributed by atoms with Gasteiger partial charge in [0.15, 0.2) is 0 Å². The molecule has 0 bridgehead atoms. The molecule has 0 saturated carbocycles. The first-order valence-electron chi connectivity index (χ1n) is 5.73. The van der Waals surface area contributed by atoms with Gasteiger partial charge in [0, 0.05) is 13.2 Å². The highest BCUT2D eigenvalue weighted by Crippen LogP contribution is 2.11. The van der Waals surface area contributed by atoms with Crippen molar-refractivity contribution in [2.45, 2.75) is 32.7 Å². The first-order chi connectivity index (χ1) is 7.15. The molecule has 1 amide bonds. The van der Waals surface area contributed by atoms with Gasteiger partial charge in [-0.25, -0.2) is 0 Å². The van der Waals surface area contributed by atoms with Gasteiger partial charge in [-0.2, -0.15) is 0 Å². The number of carbonyl (C=O) groups excluding carboxylic acids is 1. The lowest BCUT2D eigenvalue weighted by molar-refractivity contribution is -0.127. The molecule has 0 aliphatic carbocycles. The number of nitrogens with one attached hydrogen (secondary N) is 1. The zero-order chi connectivity index (χ0) is 11.3. The maximum atomic E-state index is 11.8. The van der Waals surface area contributed by atoms with E-state index in [4.69, 9.17) is 10.5 Å². The van der Waals surface area contributed by atoms with E-state index < -0.39 is 0 Å². The van der Waals surface area contributed by atoms with Crippen molar-refractivity contribution >= 4 is 5.91 Å². The van der Waals surface area contributed by atoms with Gasteiger partial charge in [-0.05, 0) is 18.8 Å². The third-order valence-corrected chi connectivity index (χ3v) is 2.90. The molecule has 0 spiro atoms. The van der Waals surface area contributed by atoms with Crippen LogP contribution in [0.3, 0.4) is 0 Å². The summed E-state index contributed by atoms with van der Waals surface area (Å²) in [6, 6.07) is 0.180. The minimum atomic E-state index is -0.0769. The molecule has 2 unspecified atom stereocenters. The van der Waals surface area contributed by atoms with Crippen LogP contribution in [0.4, 0.5) is 0 Å². The summed E-state index contributed by atoms with van der Waals surface area (Å²) in [4.78, 5) is 11.8. The topological polar surface area (TPSA) is 64.4 Å². The summed E-state index contributed by atoms with van der Waals surface area (Å²) in [6.45, 7) is 5.91. The van der Waals surface area contributed by atoms with E-state index in [1.165, 1.54) is 0 Å². The highest BCUT2D eigenvalue weighted by atomic mass is 16.5. The fourth-order valence-corrected chi connectivity index (χ4v) is 1.84. The quantitative estimate of drug-likeness (QED) is 0.717. The maximum Gasteiger partial charge on any atom is 0.224 e. The highest BCUT2D eigenvalue weighted by molar-refractivity contribution is 5.79. The number of nitrogens with two attached hydrogens (primary N) is 1.